The number of unbranched alkanes of at least 4 members (excludes halogenated alkanes) is 7. The Balaban J connectivity index is 5.52. The number of ketones is 6. The molecule has 0 bridgehead atoms. The Labute approximate surface area is 478 Å². The highest BCUT2D eigenvalue weighted by molar-refractivity contribution is 5.85. The Kier molecular flexibility index (Phi) is 41.6. The summed E-state index contributed by atoms with van der Waals surface area (Å²) >= 11 is 0. The maximum Gasteiger partial charge on any atom is 0.222 e. The molecule has 0 aromatic rings. The number of ether oxygens (including phenoxy) is 6. The van der Waals surface area contributed by atoms with Gasteiger partial charge in [0.25, 0.3) is 0 Å². The van der Waals surface area contributed by atoms with Gasteiger partial charge in [-0.3, -0.25) is 38.4 Å². The molecule has 0 aromatic carbocycles. The predicted octanol–water partition coefficient (Wildman–Crippen LogP) is 11.7. The summed E-state index contributed by atoms with van der Waals surface area (Å²) in [5.74, 6) is 0.239. The Bertz CT molecular complexity index is 1560. The minimum atomic E-state index is -1.02. The molecular formula is C63H114N2O14. The van der Waals surface area contributed by atoms with Crippen molar-refractivity contribution in [2.75, 3.05) is 72.6 Å². The molecule has 2 amide bonds. The molecule has 0 aliphatic carbocycles. The van der Waals surface area contributed by atoms with Gasteiger partial charge in [-0.05, 0) is 139 Å². The van der Waals surface area contributed by atoms with Crippen molar-refractivity contribution in [2.24, 2.45) is 10.8 Å². The smallest absolute Gasteiger partial charge is 0.222 e. The lowest BCUT2D eigenvalue weighted by atomic mass is 9.83. The number of carbonyl (C=O) groups excluding carboxylic acids is 8. The first kappa shape index (κ1) is 75.7. The highest BCUT2D eigenvalue weighted by Gasteiger charge is 2.35. The first-order valence-corrected chi connectivity index (χ1v) is 30.3. The Hall–Kier alpha value is -3.28. The van der Waals surface area contributed by atoms with E-state index in [0.717, 1.165) is 64.2 Å². The van der Waals surface area contributed by atoms with Crippen LogP contribution >= 0.6 is 0 Å². The largest absolute Gasteiger partial charge is 0.380 e. The van der Waals surface area contributed by atoms with E-state index in [-0.39, 0.29) is 141 Å². The molecule has 0 spiro atoms. The minimum absolute atomic E-state index is 0.00394. The van der Waals surface area contributed by atoms with Crippen molar-refractivity contribution in [3.63, 3.8) is 0 Å². The first-order chi connectivity index (χ1) is 37.0. The minimum Gasteiger partial charge on any atom is -0.380 e. The molecule has 2 N–H and O–H groups in total. The third-order valence-electron chi connectivity index (χ3n) is 12.9. The normalized spacial score (nSPS) is 12.4. The summed E-state index contributed by atoms with van der Waals surface area (Å²) in [5, 5.41) is 5.77. The van der Waals surface area contributed by atoms with Crippen molar-refractivity contribution in [2.45, 2.75) is 273 Å². The molecule has 460 valence electrons. The Morgan fingerprint density at radius 2 is 0.620 bits per heavy atom. The Morgan fingerprint density at radius 3 is 0.987 bits per heavy atom. The zero-order valence-corrected chi connectivity index (χ0v) is 52.1. The van der Waals surface area contributed by atoms with Crippen LogP contribution < -0.4 is 10.6 Å². The molecule has 16 heteroatoms. The summed E-state index contributed by atoms with van der Waals surface area (Å²) in [6, 6.07) is 0. The average molecular weight is 1120 g/mol. The van der Waals surface area contributed by atoms with E-state index in [1.54, 1.807) is 0 Å². The van der Waals surface area contributed by atoms with Crippen molar-refractivity contribution in [1.29, 1.82) is 0 Å². The SMILES string of the molecule is CC(C)(C)OCCCCC(=O)CCCCCC(=O)CCOCC(COCCC(=O)CCCCCC(=O)CCCCOC(C)(C)C)(COCCC(=O)NCCCNC(=O)CCCCOC(C)(C)C)CC(=O)CCCC(=O)C(C)(C)C. The predicted molar refractivity (Wildman–Crippen MR) is 312 cm³/mol. The Morgan fingerprint density at radius 1 is 0.304 bits per heavy atom. The van der Waals surface area contributed by atoms with Gasteiger partial charge in [0.05, 0.1) is 56.4 Å². The van der Waals surface area contributed by atoms with Gasteiger partial charge in [0, 0.05) is 127 Å². The number of hydrogen-bond acceptors (Lipinski definition) is 14. The summed E-state index contributed by atoms with van der Waals surface area (Å²) in [7, 11) is 0. The van der Waals surface area contributed by atoms with Crippen LogP contribution in [0.2, 0.25) is 0 Å². The highest BCUT2D eigenvalue weighted by atomic mass is 16.5. The van der Waals surface area contributed by atoms with Gasteiger partial charge in [0.15, 0.2) is 0 Å². The van der Waals surface area contributed by atoms with Gasteiger partial charge < -0.3 is 39.1 Å². The fourth-order valence-corrected chi connectivity index (χ4v) is 8.24. The van der Waals surface area contributed by atoms with Gasteiger partial charge in [0.1, 0.15) is 34.7 Å². The van der Waals surface area contributed by atoms with Gasteiger partial charge >= 0.3 is 0 Å². The first-order valence-electron chi connectivity index (χ1n) is 30.3. The van der Waals surface area contributed by atoms with E-state index in [1.807, 2.05) is 83.1 Å². The number of carbonyl (C=O) groups is 8. The molecule has 0 radical (unpaired) electrons. The van der Waals surface area contributed by atoms with Crippen LogP contribution in [0.5, 0.6) is 0 Å². The number of amides is 2. The summed E-state index contributed by atoms with van der Waals surface area (Å²) in [4.78, 5) is 102. The standard InChI is InChI=1S/C63H114N2O14/c1-59(2,3)56(71)34-25-33-55(70)47-63(48-74-44-36-53(68)29-17-13-15-27-51(66)31-19-22-41-77-60(4,5)6,49-75-45-37-54(69)30-18-14-16-28-52(67)32-20-23-42-78-61(7,8)9)50-76-46-38-58(73)65-40-26-39-64-57(72)35-21-24-43-79-62(10,11)12/h13-50H2,1-12H3,(H,64,72)(H,65,73). The number of Topliss-reactive ketones (excluding diaryl/α,β-unsaturated/α-hetero) is 6. The van der Waals surface area contributed by atoms with Crippen LogP contribution in [-0.2, 0) is 66.8 Å². The fourth-order valence-electron chi connectivity index (χ4n) is 8.24. The molecule has 0 fully saturated rings. The second-order valence-electron chi connectivity index (χ2n) is 25.7. The number of nitrogens with one attached hydrogen (secondary N) is 2. The van der Waals surface area contributed by atoms with E-state index in [2.05, 4.69) is 10.6 Å². The number of rotatable bonds is 52. The van der Waals surface area contributed by atoms with Gasteiger partial charge in [-0.25, -0.2) is 0 Å². The molecule has 0 saturated carbocycles. The molecule has 0 rings (SSSR count). The van der Waals surface area contributed by atoms with Crippen molar-refractivity contribution < 1.29 is 66.8 Å². The van der Waals surface area contributed by atoms with Crippen molar-refractivity contribution in [3.8, 4) is 0 Å². The molecule has 79 heavy (non-hydrogen) atoms. The van der Waals surface area contributed by atoms with E-state index in [9.17, 15) is 38.4 Å². The van der Waals surface area contributed by atoms with Crippen LogP contribution in [0.4, 0.5) is 0 Å². The van der Waals surface area contributed by atoms with Crippen LogP contribution in [0, 0.1) is 10.8 Å². The molecule has 0 aliphatic heterocycles. The lowest BCUT2D eigenvalue weighted by Gasteiger charge is -2.33. The van der Waals surface area contributed by atoms with Gasteiger partial charge in [-0.2, -0.15) is 0 Å². The van der Waals surface area contributed by atoms with E-state index in [4.69, 9.17) is 28.4 Å². The molecule has 16 nitrogen and oxygen atoms in total. The zero-order chi connectivity index (χ0) is 59.6. The summed E-state index contributed by atoms with van der Waals surface area (Å²) in [6.45, 7) is 26.6. The molecule has 0 aliphatic rings. The maximum absolute atomic E-state index is 13.8. The monoisotopic (exact) mass is 1120 g/mol. The van der Waals surface area contributed by atoms with E-state index in [0.29, 0.717) is 104 Å². The summed E-state index contributed by atoms with van der Waals surface area (Å²) in [5.41, 5.74) is -2.13. The second-order valence-corrected chi connectivity index (χ2v) is 25.7. The molecule has 0 unspecified atom stereocenters. The molecule has 0 saturated heterocycles. The van der Waals surface area contributed by atoms with Crippen molar-refractivity contribution >= 4 is 46.5 Å². The number of hydrogen-bond donors (Lipinski definition) is 2. The van der Waals surface area contributed by atoms with Crippen LogP contribution in [-0.4, -0.2) is 136 Å². The lowest BCUT2D eigenvalue weighted by Crippen LogP contribution is -2.40. The molecular weight excluding hydrogens is 1010 g/mol. The lowest BCUT2D eigenvalue weighted by molar-refractivity contribution is -0.133. The summed E-state index contributed by atoms with van der Waals surface area (Å²) in [6.07, 6.45) is 14.2. The quantitative estimate of drug-likeness (QED) is 0.0542. The van der Waals surface area contributed by atoms with Crippen molar-refractivity contribution in [3.05, 3.63) is 0 Å². The van der Waals surface area contributed by atoms with E-state index < -0.39 is 10.8 Å². The molecule has 0 aromatic heterocycles. The van der Waals surface area contributed by atoms with Crippen LogP contribution in [0.25, 0.3) is 0 Å². The van der Waals surface area contributed by atoms with Crippen LogP contribution in [0.15, 0.2) is 0 Å². The third-order valence-corrected chi connectivity index (χ3v) is 12.9. The van der Waals surface area contributed by atoms with E-state index in [1.165, 1.54) is 0 Å². The van der Waals surface area contributed by atoms with Crippen LogP contribution in [0.1, 0.15) is 256 Å². The maximum atomic E-state index is 13.8. The fraction of sp³-hybridized carbons (Fsp3) is 0.873. The second kappa shape index (κ2) is 43.4. The van der Waals surface area contributed by atoms with Crippen LogP contribution in [0.3, 0.4) is 0 Å². The average Bonchev–Trinajstić information content (AvgIpc) is 3.33. The van der Waals surface area contributed by atoms with Gasteiger partial charge in [0.2, 0.25) is 11.8 Å². The zero-order valence-electron chi connectivity index (χ0n) is 52.1. The van der Waals surface area contributed by atoms with Gasteiger partial charge in [-0.1, -0.05) is 33.6 Å². The third kappa shape index (κ3) is 50.2. The highest BCUT2D eigenvalue weighted by Crippen LogP contribution is 2.28. The molecule has 0 atom stereocenters. The molecule has 0 heterocycles. The summed E-state index contributed by atoms with van der Waals surface area (Å²) < 4.78 is 35.7. The van der Waals surface area contributed by atoms with Crippen molar-refractivity contribution in [1.82, 2.24) is 10.6 Å². The topological polar surface area (TPSA) is 216 Å². The van der Waals surface area contributed by atoms with E-state index >= 15 is 0 Å². The van der Waals surface area contributed by atoms with Gasteiger partial charge in [-0.15, -0.1) is 0 Å².